The molecule has 0 spiro atoms. The van der Waals surface area contributed by atoms with E-state index in [9.17, 15) is 9.18 Å². The van der Waals surface area contributed by atoms with Gasteiger partial charge in [-0.25, -0.2) is 4.39 Å². The van der Waals surface area contributed by atoms with Crippen LogP contribution >= 0.6 is 12.4 Å². The van der Waals surface area contributed by atoms with E-state index in [1.807, 2.05) is 0 Å². The smallest absolute Gasteiger partial charge is 0.224 e. The van der Waals surface area contributed by atoms with Crippen LogP contribution in [0, 0.1) is 11.7 Å². The summed E-state index contributed by atoms with van der Waals surface area (Å²) in [7, 11) is 1.41. The number of rotatable bonds is 5. The van der Waals surface area contributed by atoms with E-state index < -0.39 is 5.82 Å². The van der Waals surface area contributed by atoms with E-state index in [0.717, 1.165) is 19.3 Å². The highest BCUT2D eigenvalue weighted by atomic mass is 35.5. The monoisotopic (exact) mass is 316 g/mol. The lowest BCUT2D eigenvalue weighted by molar-refractivity contribution is -0.121. The molecule has 1 fully saturated rings. The summed E-state index contributed by atoms with van der Waals surface area (Å²) < 4.78 is 18.4. The molecule has 0 bridgehead atoms. The van der Waals surface area contributed by atoms with Gasteiger partial charge < -0.3 is 15.8 Å². The number of carbonyl (C=O) groups excluding carboxylic acids is 1. The summed E-state index contributed by atoms with van der Waals surface area (Å²) in [6.07, 6.45) is 3.32. The quantitative estimate of drug-likeness (QED) is 0.873. The maximum absolute atomic E-state index is 13.5. The van der Waals surface area contributed by atoms with Gasteiger partial charge in [0, 0.05) is 6.04 Å². The highest BCUT2D eigenvalue weighted by molar-refractivity contribution is 5.85. The Bertz CT molecular complexity index is 485. The molecule has 1 aliphatic carbocycles. The van der Waals surface area contributed by atoms with Crippen LogP contribution in [0.3, 0.4) is 0 Å². The van der Waals surface area contributed by atoms with Crippen LogP contribution in [0.4, 0.5) is 4.39 Å². The molecular formula is C15H22ClFN2O2. The van der Waals surface area contributed by atoms with Gasteiger partial charge in [-0.2, -0.15) is 0 Å². The number of benzene rings is 1. The topological polar surface area (TPSA) is 64.3 Å². The minimum Gasteiger partial charge on any atom is -0.494 e. The second-order valence-electron chi connectivity index (χ2n) is 5.25. The lowest BCUT2D eigenvalue weighted by atomic mass is 10.0. The number of carbonyl (C=O) groups is 1. The highest BCUT2D eigenvalue weighted by Gasteiger charge is 2.27. The fraction of sp³-hybridized carbons (Fsp3) is 0.533. The standard InChI is InChI=1S/C15H21FN2O2.ClH/c1-20-14-6-5-10(7-12(14)16)8-15(19)18-13-4-2-3-11(13)9-17;/h5-7,11,13H,2-4,8-9,17H2,1H3,(H,18,19);1H. The van der Waals surface area contributed by atoms with E-state index in [1.165, 1.54) is 19.2 Å². The van der Waals surface area contributed by atoms with E-state index in [-0.39, 0.29) is 36.5 Å². The van der Waals surface area contributed by atoms with Crippen molar-refractivity contribution >= 4 is 18.3 Å². The Hall–Kier alpha value is -1.33. The van der Waals surface area contributed by atoms with Gasteiger partial charge in [0.2, 0.25) is 5.91 Å². The summed E-state index contributed by atoms with van der Waals surface area (Å²) in [4.78, 5) is 12.0. The number of methoxy groups -OCH3 is 1. The highest BCUT2D eigenvalue weighted by Crippen LogP contribution is 2.24. The number of amides is 1. The number of nitrogens with two attached hydrogens (primary N) is 1. The average Bonchev–Trinajstić information content (AvgIpc) is 2.86. The molecule has 6 heteroatoms. The number of halogens is 2. The summed E-state index contributed by atoms with van der Waals surface area (Å²) in [6, 6.07) is 4.75. The minimum absolute atomic E-state index is 0. The SMILES string of the molecule is COc1ccc(CC(=O)NC2CCCC2CN)cc1F.Cl. The first-order valence-electron chi connectivity index (χ1n) is 6.96. The van der Waals surface area contributed by atoms with Gasteiger partial charge in [0.1, 0.15) is 0 Å². The number of hydrogen-bond donors (Lipinski definition) is 2. The summed E-state index contributed by atoms with van der Waals surface area (Å²) >= 11 is 0. The Labute approximate surface area is 130 Å². The molecule has 0 radical (unpaired) electrons. The van der Waals surface area contributed by atoms with Crippen molar-refractivity contribution in [1.29, 1.82) is 0 Å². The van der Waals surface area contributed by atoms with Crippen molar-refractivity contribution in [3.63, 3.8) is 0 Å². The van der Waals surface area contributed by atoms with Gasteiger partial charge in [-0.1, -0.05) is 12.5 Å². The minimum atomic E-state index is -0.446. The third-order valence-electron chi connectivity index (χ3n) is 3.89. The van der Waals surface area contributed by atoms with Crippen molar-refractivity contribution < 1.29 is 13.9 Å². The Morgan fingerprint density at radius 1 is 1.48 bits per heavy atom. The zero-order chi connectivity index (χ0) is 14.5. The molecule has 1 saturated carbocycles. The van der Waals surface area contributed by atoms with Crippen molar-refractivity contribution in [2.45, 2.75) is 31.7 Å². The fourth-order valence-corrected chi connectivity index (χ4v) is 2.77. The lowest BCUT2D eigenvalue weighted by Gasteiger charge is -2.19. The maximum atomic E-state index is 13.5. The van der Waals surface area contributed by atoms with Crippen LogP contribution < -0.4 is 15.8 Å². The Morgan fingerprint density at radius 2 is 2.24 bits per heavy atom. The van der Waals surface area contributed by atoms with Crippen molar-refractivity contribution in [3.05, 3.63) is 29.6 Å². The molecule has 0 heterocycles. The number of nitrogens with one attached hydrogen (secondary N) is 1. The largest absolute Gasteiger partial charge is 0.494 e. The summed E-state index contributed by atoms with van der Waals surface area (Å²) in [5.74, 6) is 0.0260. The van der Waals surface area contributed by atoms with Gasteiger partial charge in [0.25, 0.3) is 0 Å². The predicted molar refractivity (Wildman–Crippen MR) is 82.2 cm³/mol. The Kier molecular flexibility index (Phi) is 6.92. The van der Waals surface area contributed by atoms with Gasteiger partial charge >= 0.3 is 0 Å². The van der Waals surface area contributed by atoms with E-state index in [1.54, 1.807) is 6.07 Å². The maximum Gasteiger partial charge on any atom is 0.224 e. The molecule has 1 amide bonds. The second-order valence-corrected chi connectivity index (χ2v) is 5.25. The van der Waals surface area contributed by atoms with Gasteiger partial charge in [0.15, 0.2) is 11.6 Å². The zero-order valence-corrected chi connectivity index (χ0v) is 12.9. The molecule has 3 N–H and O–H groups in total. The summed E-state index contributed by atoms with van der Waals surface area (Å²) in [5, 5.41) is 3.00. The van der Waals surface area contributed by atoms with Gasteiger partial charge in [-0.15, -0.1) is 12.4 Å². The van der Waals surface area contributed by atoms with E-state index in [4.69, 9.17) is 10.5 Å². The predicted octanol–water partition coefficient (Wildman–Crippen LogP) is 2.04. The zero-order valence-electron chi connectivity index (χ0n) is 12.1. The first kappa shape index (κ1) is 17.7. The second kappa shape index (κ2) is 8.20. The molecule has 118 valence electrons. The van der Waals surface area contributed by atoms with E-state index in [2.05, 4.69) is 5.32 Å². The normalized spacial score (nSPS) is 20.7. The van der Waals surface area contributed by atoms with Crippen LogP contribution in [-0.2, 0) is 11.2 Å². The van der Waals surface area contributed by atoms with Crippen molar-refractivity contribution in [2.24, 2.45) is 11.7 Å². The van der Waals surface area contributed by atoms with Crippen LogP contribution in [0.1, 0.15) is 24.8 Å². The van der Waals surface area contributed by atoms with E-state index in [0.29, 0.717) is 18.0 Å². The Balaban J connectivity index is 0.00000220. The van der Waals surface area contributed by atoms with Crippen molar-refractivity contribution in [1.82, 2.24) is 5.32 Å². The average molecular weight is 317 g/mol. The van der Waals surface area contributed by atoms with Crippen molar-refractivity contribution in [3.8, 4) is 5.75 Å². The molecule has 1 aliphatic rings. The van der Waals surface area contributed by atoms with Gasteiger partial charge in [-0.3, -0.25) is 4.79 Å². The van der Waals surface area contributed by atoms with Gasteiger partial charge in [0.05, 0.1) is 13.5 Å². The molecular weight excluding hydrogens is 295 g/mol. The molecule has 2 rings (SSSR count). The molecule has 1 aromatic rings. The molecule has 2 atom stereocenters. The van der Waals surface area contributed by atoms with Crippen LogP contribution in [0.2, 0.25) is 0 Å². The van der Waals surface area contributed by atoms with Gasteiger partial charge in [-0.05, 0) is 43.0 Å². The van der Waals surface area contributed by atoms with Crippen LogP contribution in [0.15, 0.2) is 18.2 Å². The molecule has 2 unspecified atom stereocenters. The van der Waals surface area contributed by atoms with Crippen LogP contribution in [0.25, 0.3) is 0 Å². The molecule has 21 heavy (non-hydrogen) atoms. The van der Waals surface area contributed by atoms with Crippen LogP contribution in [-0.4, -0.2) is 25.6 Å². The number of hydrogen-bond acceptors (Lipinski definition) is 3. The number of ether oxygens (including phenoxy) is 1. The molecule has 0 aromatic heterocycles. The molecule has 1 aromatic carbocycles. The lowest BCUT2D eigenvalue weighted by Crippen LogP contribution is -2.40. The fourth-order valence-electron chi connectivity index (χ4n) is 2.77. The first-order chi connectivity index (χ1) is 9.63. The molecule has 4 nitrogen and oxygen atoms in total. The van der Waals surface area contributed by atoms with Crippen LogP contribution in [0.5, 0.6) is 5.75 Å². The summed E-state index contributed by atoms with van der Waals surface area (Å²) in [6.45, 7) is 0.599. The Morgan fingerprint density at radius 3 is 2.86 bits per heavy atom. The first-order valence-corrected chi connectivity index (χ1v) is 6.96. The van der Waals surface area contributed by atoms with E-state index >= 15 is 0 Å². The molecule has 0 aliphatic heterocycles. The third kappa shape index (κ3) is 4.58. The third-order valence-corrected chi connectivity index (χ3v) is 3.89. The van der Waals surface area contributed by atoms with Crippen molar-refractivity contribution in [2.75, 3.05) is 13.7 Å². The summed E-state index contributed by atoms with van der Waals surface area (Å²) in [5.41, 5.74) is 6.33. The molecule has 0 saturated heterocycles.